The Kier molecular flexibility index (Phi) is 5.11. The number of hydrogen-bond donors (Lipinski definition) is 1. The SMILES string of the molecule is C[C@@H](Cn1cccn1)C(=O)N1CCc2c(c(C(=O)O)nn2Cc2ccncc2)C1. The minimum atomic E-state index is -1.08. The summed E-state index contributed by atoms with van der Waals surface area (Å²) >= 11 is 0. The molecule has 9 heteroatoms. The molecule has 4 rings (SSSR count). The van der Waals surface area contributed by atoms with Crippen LogP contribution in [0.1, 0.15) is 34.2 Å². The molecule has 0 saturated heterocycles. The normalized spacial score (nSPS) is 14.4. The van der Waals surface area contributed by atoms with Crippen LogP contribution >= 0.6 is 0 Å². The average molecular weight is 394 g/mol. The van der Waals surface area contributed by atoms with Crippen molar-refractivity contribution in [1.82, 2.24) is 29.4 Å². The van der Waals surface area contributed by atoms with Crippen LogP contribution in [-0.4, -0.2) is 53.0 Å². The first kappa shape index (κ1) is 18.9. The lowest BCUT2D eigenvalue weighted by Gasteiger charge is -2.30. The van der Waals surface area contributed by atoms with E-state index in [0.29, 0.717) is 31.6 Å². The molecule has 29 heavy (non-hydrogen) atoms. The molecule has 0 aromatic carbocycles. The van der Waals surface area contributed by atoms with Gasteiger partial charge in [-0.1, -0.05) is 6.92 Å². The van der Waals surface area contributed by atoms with E-state index in [1.807, 2.05) is 31.3 Å². The fourth-order valence-electron chi connectivity index (χ4n) is 3.72. The van der Waals surface area contributed by atoms with E-state index >= 15 is 0 Å². The molecule has 1 amide bonds. The lowest BCUT2D eigenvalue weighted by atomic mass is 10.0. The largest absolute Gasteiger partial charge is 0.476 e. The molecule has 1 atom stereocenters. The van der Waals surface area contributed by atoms with Gasteiger partial charge in [0.25, 0.3) is 0 Å². The monoisotopic (exact) mass is 394 g/mol. The van der Waals surface area contributed by atoms with Crippen molar-refractivity contribution in [1.29, 1.82) is 0 Å². The summed E-state index contributed by atoms with van der Waals surface area (Å²) in [6, 6.07) is 5.58. The standard InChI is InChI=1S/C20H22N6O3/c1-14(11-25-9-2-6-22-25)19(27)24-10-5-17-16(13-24)18(20(28)29)23-26(17)12-15-3-7-21-8-4-15/h2-4,6-9,14H,5,10-13H2,1H3,(H,28,29)/t14-/m0/s1. The summed E-state index contributed by atoms with van der Waals surface area (Å²) in [6.07, 6.45) is 7.47. The first-order valence-electron chi connectivity index (χ1n) is 9.50. The Labute approximate surface area is 167 Å². The third kappa shape index (κ3) is 3.89. The van der Waals surface area contributed by atoms with Crippen LogP contribution < -0.4 is 0 Å². The van der Waals surface area contributed by atoms with Crippen molar-refractivity contribution in [3.05, 3.63) is 65.5 Å². The van der Waals surface area contributed by atoms with Gasteiger partial charge >= 0.3 is 5.97 Å². The maximum Gasteiger partial charge on any atom is 0.356 e. The molecule has 0 saturated carbocycles. The highest BCUT2D eigenvalue weighted by Gasteiger charge is 2.31. The first-order valence-corrected chi connectivity index (χ1v) is 9.50. The van der Waals surface area contributed by atoms with Crippen molar-refractivity contribution in [3.63, 3.8) is 0 Å². The van der Waals surface area contributed by atoms with Crippen molar-refractivity contribution in [2.45, 2.75) is 33.0 Å². The Bertz CT molecular complexity index is 1010. The molecule has 0 spiro atoms. The molecule has 0 bridgehead atoms. The second-order valence-electron chi connectivity index (χ2n) is 7.23. The number of hydrogen-bond acceptors (Lipinski definition) is 5. The molecular formula is C20H22N6O3. The third-order valence-electron chi connectivity index (χ3n) is 5.17. The minimum Gasteiger partial charge on any atom is -0.476 e. The Hall–Kier alpha value is -3.49. The summed E-state index contributed by atoms with van der Waals surface area (Å²) in [6.45, 7) is 3.63. The van der Waals surface area contributed by atoms with E-state index in [-0.39, 0.29) is 24.1 Å². The lowest BCUT2D eigenvalue weighted by molar-refractivity contribution is -0.136. The predicted molar refractivity (Wildman–Crippen MR) is 103 cm³/mol. The lowest BCUT2D eigenvalue weighted by Crippen LogP contribution is -2.40. The van der Waals surface area contributed by atoms with E-state index < -0.39 is 5.97 Å². The van der Waals surface area contributed by atoms with Gasteiger partial charge in [0.1, 0.15) is 0 Å². The number of carbonyl (C=O) groups is 2. The van der Waals surface area contributed by atoms with Gasteiger partial charge < -0.3 is 10.0 Å². The molecule has 9 nitrogen and oxygen atoms in total. The van der Waals surface area contributed by atoms with Gasteiger partial charge in [0.05, 0.1) is 19.0 Å². The highest BCUT2D eigenvalue weighted by Crippen LogP contribution is 2.25. The van der Waals surface area contributed by atoms with Gasteiger partial charge in [-0.15, -0.1) is 0 Å². The predicted octanol–water partition coefficient (Wildman–Crippen LogP) is 1.44. The second-order valence-corrected chi connectivity index (χ2v) is 7.23. The van der Waals surface area contributed by atoms with Crippen molar-refractivity contribution < 1.29 is 14.7 Å². The van der Waals surface area contributed by atoms with Gasteiger partial charge in [-0.2, -0.15) is 10.2 Å². The molecular weight excluding hydrogens is 372 g/mol. The number of fused-ring (bicyclic) bond motifs is 1. The molecule has 1 aliphatic heterocycles. The molecule has 4 heterocycles. The van der Waals surface area contributed by atoms with Gasteiger partial charge in [0.15, 0.2) is 5.69 Å². The number of rotatable bonds is 6. The van der Waals surface area contributed by atoms with Crippen LogP contribution in [0.3, 0.4) is 0 Å². The van der Waals surface area contributed by atoms with E-state index in [0.717, 1.165) is 11.3 Å². The Morgan fingerprint density at radius 1 is 1.24 bits per heavy atom. The molecule has 3 aromatic rings. The minimum absolute atomic E-state index is 0.00984. The van der Waals surface area contributed by atoms with Crippen molar-refractivity contribution >= 4 is 11.9 Å². The summed E-state index contributed by atoms with van der Waals surface area (Å²) in [5.74, 6) is -1.34. The number of amides is 1. The molecule has 3 aromatic heterocycles. The highest BCUT2D eigenvalue weighted by atomic mass is 16.4. The van der Waals surface area contributed by atoms with Gasteiger partial charge in [0.2, 0.25) is 5.91 Å². The molecule has 1 N–H and O–H groups in total. The van der Waals surface area contributed by atoms with Gasteiger partial charge in [0, 0.05) is 55.6 Å². The summed E-state index contributed by atoms with van der Waals surface area (Å²) in [4.78, 5) is 30.4. The van der Waals surface area contributed by atoms with Crippen molar-refractivity contribution in [3.8, 4) is 0 Å². The molecule has 150 valence electrons. The highest BCUT2D eigenvalue weighted by molar-refractivity contribution is 5.88. The summed E-state index contributed by atoms with van der Waals surface area (Å²) in [5, 5.41) is 18.1. The zero-order valence-electron chi connectivity index (χ0n) is 16.1. The van der Waals surface area contributed by atoms with E-state index in [2.05, 4.69) is 15.2 Å². The van der Waals surface area contributed by atoms with E-state index in [1.54, 1.807) is 32.9 Å². The Morgan fingerprint density at radius 3 is 2.72 bits per heavy atom. The average Bonchev–Trinajstić information content (AvgIpc) is 3.36. The molecule has 0 radical (unpaired) electrons. The molecule has 0 fully saturated rings. The summed E-state index contributed by atoms with van der Waals surface area (Å²) in [5.41, 5.74) is 2.51. The zero-order valence-corrected chi connectivity index (χ0v) is 16.1. The number of carbonyl (C=O) groups excluding carboxylic acids is 1. The van der Waals surface area contributed by atoms with E-state index in [9.17, 15) is 14.7 Å². The van der Waals surface area contributed by atoms with Crippen LogP contribution in [0.15, 0.2) is 43.0 Å². The first-order chi connectivity index (χ1) is 14.0. The maximum absolute atomic E-state index is 12.9. The fourth-order valence-corrected chi connectivity index (χ4v) is 3.72. The van der Waals surface area contributed by atoms with E-state index in [4.69, 9.17) is 0 Å². The smallest absolute Gasteiger partial charge is 0.356 e. The van der Waals surface area contributed by atoms with Crippen LogP contribution in [0.2, 0.25) is 0 Å². The molecule has 0 unspecified atom stereocenters. The number of pyridine rings is 1. The zero-order chi connectivity index (χ0) is 20.4. The topological polar surface area (TPSA) is 106 Å². The maximum atomic E-state index is 12.9. The quantitative estimate of drug-likeness (QED) is 0.678. The third-order valence-corrected chi connectivity index (χ3v) is 5.17. The van der Waals surface area contributed by atoms with Crippen LogP contribution in [0.4, 0.5) is 0 Å². The van der Waals surface area contributed by atoms with Crippen molar-refractivity contribution in [2.75, 3.05) is 6.54 Å². The Balaban J connectivity index is 1.55. The van der Waals surface area contributed by atoms with Crippen LogP contribution in [0.25, 0.3) is 0 Å². The number of nitrogens with zero attached hydrogens (tertiary/aromatic N) is 6. The molecule has 1 aliphatic rings. The van der Waals surface area contributed by atoms with Gasteiger partial charge in [-0.25, -0.2) is 4.79 Å². The Morgan fingerprint density at radius 2 is 2.03 bits per heavy atom. The van der Waals surface area contributed by atoms with Gasteiger partial charge in [-0.3, -0.25) is 19.1 Å². The van der Waals surface area contributed by atoms with Gasteiger partial charge in [-0.05, 0) is 23.8 Å². The van der Waals surface area contributed by atoms with Crippen LogP contribution in [0.5, 0.6) is 0 Å². The van der Waals surface area contributed by atoms with Crippen LogP contribution in [0, 0.1) is 5.92 Å². The molecule has 0 aliphatic carbocycles. The second kappa shape index (κ2) is 7.86. The van der Waals surface area contributed by atoms with Crippen LogP contribution in [-0.2, 0) is 30.8 Å². The number of aromatic nitrogens is 5. The van der Waals surface area contributed by atoms with E-state index in [1.165, 1.54) is 0 Å². The van der Waals surface area contributed by atoms with Crippen molar-refractivity contribution in [2.24, 2.45) is 5.92 Å². The number of aromatic carboxylic acids is 1. The number of carboxylic acids is 1. The number of carboxylic acid groups (broad SMARTS) is 1. The fraction of sp³-hybridized carbons (Fsp3) is 0.350. The summed E-state index contributed by atoms with van der Waals surface area (Å²) < 4.78 is 3.47. The summed E-state index contributed by atoms with van der Waals surface area (Å²) in [7, 11) is 0.